The predicted octanol–water partition coefficient (Wildman–Crippen LogP) is 2.26. The number of aryl methyl sites for hydroxylation is 1. The fraction of sp³-hybridized carbons (Fsp3) is 0.312. The van der Waals surface area contributed by atoms with Crippen LogP contribution in [0.5, 0.6) is 0 Å². The molecule has 0 aliphatic rings. The van der Waals surface area contributed by atoms with Crippen molar-refractivity contribution in [3.8, 4) is 0 Å². The standard InChI is InChI=1S/C16H18N2O3/c1-12-14(18-10-6-5-8-15(18)17-12)11-13(19)7-3-4-9-16(20)21-2/h4-6,8-10H,3,7,11H2,1-2H3/b9-4+. The summed E-state index contributed by atoms with van der Waals surface area (Å²) in [6, 6.07) is 5.76. The number of pyridine rings is 1. The molecular formula is C16H18N2O3. The maximum atomic E-state index is 12.0. The molecule has 2 rings (SSSR count). The molecule has 2 heterocycles. The third kappa shape index (κ3) is 3.78. The zero-order chi connectivity index (χ0) is 15.2. The number of esters is 1. The van der Waals surface area contributed by atoms with Gasteiger partial charge >= 0.3 is 5.97 Å². The Kier molecular flexibility index (Phi) is 4.87. The molecular weight excluding hydrogens is 268 g/mol. The van der Waals surface area contributed by atoms with E-state index >= 15 is 0 Å². The normalized spacial score (nSPS) is 11.1. The van der Waals surface area contributed by atoms with Crippen LogP contribution in [-0.4, -0.2) is 28.2 Å². The molecule has 0 atom stereocenters. The predicted molar refractivity (Wildman–Crippen MR) is 79.0 cm³/mol. The average molecular weight is 286 g/mol. The van der Waals surface area contributed by atoms with Gasteiger partial charge in [0.25, 0.3) is 0 Å². The molecule has 2 aromatic heterocycles. The fourth-order valence-electron chi connectivity index (χ4n) is 2.14. The second kappa shape index (κ2) is 6.83. The summed E-state index contributed by atoms with van der Waals surface area (Å²) < 4.78 is 6.43. The maximum Gasteiger partial charge on any atom is 0.330 e. The van der Waals surface area contributed by atoms with Gasteiger partial charge in [0, 0.05) is 25.1 Å². The zero-order valence-corrected chi connectivity index (χ0v) is 12.2. The van der Waals surface area contributed by atoms with Crippen LogP contribution in [0.1, 0.15) is 24.2 Å². The highest BCUT2D eigenvalue weighted by Gasteiger charge is 2.11. The molecule has 0 unspecified atom stereocenters. The minimum atomic E-state index is -0.403. The highest BCUT2D eigenvalue weighted by atomic mass is 16.5. The van der Waals surface area contributed by atoms with Crippen LogP contribution < -0.4 is 0 Å². The van der Waals surface area contributed by atoms with Gasteiger partial charge in [-0.1, -0.05) is 12.1 Å². The first kappa shape index (κ1) is 15.0. The van der Waals surface area contributed by atoms with Gasteiger partial charge in [-0.2, -0.15) is 0 Å². The fourth-order valence-corrected chi connectivity index (χ4v) is 2.14. The van der Waals surface area contributed by atoms with E-state index in [2.05, 4.69) is 9.72 Å². The van der Waals surface area contributed by atoms with Gasteiger partial charge in [-0.3, -0.25) is 4.79 Å². The Hall–Kier alpha value is -2.43. The molecule has 0 aliphatic carbocycles. The van der Waals surface area contributed by atoms with Crippen LogP contribution in [0.25, 0.3) is 5.65 Å². The second-order valence-corrected chi connectivity index (χ2v) is 4.75. The van der Waals surface area contributed by atoms with Crippen LogP contribution in [0.15, 0.2) is 36.5 Å². The van der Waals surface area contributed by atoms with Gasteiger partial charge in [0.15, 0.2) is 0 Å². The molecule has 5 nitrogen and oxygen atoms in total. The Morgan fingerprint density at radius 2 is 2.19 bits per heavy atom. The van der Waals surface area contributed by atoms with Crippen molar-refractivity contribution in [1.29, 1.82) is 0 Å². The van der Waals surface area contributed by atoms with Crippen molar-refractivity contribution in [2.45, 2.75) is 26.2 Å². The largest absolute Gasteiger partial charge is 0.466 e. The van der Waals surface area contributed by atoms with Crippen molar-refractivity contribution in [1.82, 2.24) is 9.38 Å². The number of imidazole rings is 1. The summed E-state index contributed by atoms with van der Waals surface area (Å²) in [4.78, 5) is 27.4. The van der Waals surface area contributed by atoms with Crippen molar-refractivity contribution in [2.24, 2.45) is 0 Å². The molecule has 0 amide bonds. The van der Waals surface area contributed by atoms with E-state index in [1.165, 1.54) is 13.2 Å². The number of ketones is 1. The van der Waals surface area contributed by atoms with Crippen molar-refractivity contribution in [2.75, 3.05) is 7.11 Å². The third-order valence-electron chi connectivity index (χ3n) is 3.24. The summed E-state index contributed by atoms with van der Waals surface area (Å²) in [5.41, 5.74) is 2.65. The smallest absolute Gasteiger partial charge is 0.330 e. The minimum Gasteiger partial charge on any atom is -0.466 e. The zero-order valence-electron chi connectivity index (χ0n) is 12.2. The lowest BCUT2D eigenvalue weighted by molar-refractivity contribution is -0.134. The molecule has 0 N–H and O–H groups in total. The van der Waals surface area contributed by atoms with Crippen LogP contribution >= 0.6 is 0 Å². The summed E-state index contributed by atoms with van der Waals surface area (Å²) in [6.45, 7) is 1.91. The van der Waals surface area contributed by atoms with Crippen LogP contribution in [-0.2, 0) is 20.7 Å². The molecule has 0 fully saturated rings. The lowest BCUT2D eigenvalue weighted by Crippen LogP contribution is -2.06. The third-order valence-corrected chi connectivity index (χ3v) is 3.24. The lowest BCUT2D eigenvalue weighted by Gasteiger charge is -2.02. The summed E-state index contributed by atoms with van der Waals surface area (Å²) in [5.74, 6) is -0.279. The van der Waals surface area contributed by atoms with Crippen molar-refractivity contribution in [3.05, 3.63) is 47.9 Å². The van der Waals surface area contributed by atoms with E-state index in [-0.39, 0.29) is 5.78 Å². The Morgan fingerprint density at radius 1 is 1.38 bits per heavy atom. The Labute approximate surface area is 123 Å². The van der Waals surface area contributed by atoms with E-state index < -0.39 is 5.97 Å². The van der Waals surface area contributed by atoms with E-state index in [4.69, 9.17) is 0 Å². The molecule has 0 aromatic carbocycles. The number of rotatable bonds is 6. The molecule has 2 aromatic rings. The van der Waals surface area contributed by atoms with Gasteiger partial charge in [0.2, 0.25) is 0 Å². The molecule has 0 saturated heterocycles. The molecule has 0 aliphatic heterocycles. The van der Waals surface area contributed by atoms with Gasteiger partial charge in [0.05, 0.1) is 18.5 Å². The number of carbonyl (C=O) groups excluding carboxylic acids is 2. The molecule has 0 saturated carbocycles. The summed E-state index contributed by atoms with van der Waals surface area (Å²) in [6.07, 6.45) is 6.19. The number of fused-ring (bicyclic) bond motifs is 1. The van der Waals surface area contributed by atoms with Gasteiger partial charge in [0.1, 0.15) is 11.4 Å². The van der Waals surface area contributed by atoms with Crippen LogP contribution in [0.4, 0.5) is 0 Å². The van der Waals surface area contributed by atoms with Gasteiger partial charge in [-0.15, -0.1) is 0 Å². The number of ether oxygens (including phenoxy) is 1. The number of aromatic nitrogens is 2. The molecule has 110 valence electrons. The first-order valence-corrected chi connectivity index (χ1v) is 6.80. The quantitative estimate of drug-likeness (QED) is 0.603. The van der Waals surface area contributed by atoms with Crippen molar-refractivity contribution < 1.29 is 14.3 Å². The second-order valence-electron chi connectivity index (χ2n) is 4.75. The maximum absolute atomic E-state index is 12.0. The summed E-state index contributed by atoms with van der Waals surface area (Å²) in [5, 5.41) is 0. The molecule has 0 radical (unpaired) electrons. The number of hydrogen-bond acceptors (Lipinski definition) is 4. The van der Waals surface area contributed by atoms with Crippen molar-refractivity contribution >= 4 is 17.4 Å². The number of methoxy groups -OCH3 is 1. The SMILES string of the molecule is COC(=O)/C=C/CCC(=O)Cc1c(C)nc2ccccn12. The van der Waals surface area contributed by atoms with Gasteiger partial charge < -0.3 is 9.14 Å². The van der Waals surface area contributed by atoms with E-state index in [9.17, 15) is 9.59 Å². The van der Waals surface area contributed by atoms with E-state index in [0.717, 1.165) is 17.0 Å². The number of allylic oxidation sites excluding steroid dienone is 1. The number of carbonyl (C=O) groups is 2. The Morgan fingerprint density at radius 3 is 2.95 bits per heavy atom. The summed E-state index contributed by atoms with van der Waals surface area (Å²) >= 11 is 0. The topological polar surface area (TPSA) is 60.7 Å². The first-order chi connectivity index (χ1) is 10.1. The molecule has 21 heavy (non-hydrogen) atoms. The molecule has 0 spiro atoms. The number of Topliss-reactive ketones (excluding diaryl/α,β-unsaturated/α-hetero) is 1. The van der Waals surface area contributed by atoms with Crippen LogP contribution in [0.2, 0.25) is 0 Å². The Bertz CT molecular complexity index is 686. The molecule has 5 heteroatoms. The highest BCUT2D eigenvalue weighted by molar-refractivity contribution is 5.83. The van der Waals surface area contributed by atoms with E-state index in [1.807, 2.05) is 35.7 Å². The van der Waals surface area contributed by atoms with Gasteiger partial charge in [-0.05, 0) is 25.5 Å². The summed E-state index contributed by atoms with van der Waals surface area (Å²) in [7, 11) is 1.32. The number of hydrogen-bond donors (Lipinski definition) is 0. The highest BCUT2D eigenvalue weighted by Crippen LogP contribution is 2.13. The van der Waals surface area contributed by atoms with E-state index in [0.29, 0.717) is 19.3 Å². The Balaban J connectivity index is 1.97. The lowest BCUT2D eigenvalue weighted by atomic mass is 10.1. The first-order valence-electron chi connectivity index (χ1n) is 6.80. The van der Waals surface area contributed by atoms with Crippen molar-refractivity contribution in [3.63, 3.8) is 0 Å². The number of nitrogens with zero attached hydrogens (tertiary/aromatic N) is 2. The average Bonchev–Trinajstić information content (AvgIpc) is 2.79. The monoisotopic (exact) mass is 286 g/mol. The van der Waals surface area contributed by atoms with E-state index in [1.54, 1.807) is 6.08 Å². The van der Waals surface area contributed by atoms with Crippen LogP contribution in [0, 0.1) is 6.92 Å². The minimum absolute atomic E-state index is 0.123. The molecule has 0 bridgehead atoms. The van der Waals surface area contributed by atoms with Crippen LogP contribution in [0.3, 0.4) is 0 Å². The van der Waals surface area contributed by atoms with Gasteiger partial charge in [-0.25, -0.2) is 9.78 Å².